The second-order valence-electron chi connectivity index (χ2n) is 7.80. The molecule has 2 aliphatic heterocycles. The van der Waals surface area contributed by atoms with Gasteiger partial charge in [0.1, 0.15) is 24.3 Å². The molecule has 2 aromatic rings. The van der Waals surface area contributed by atoms with E-state index in [0.717, 1.165) is 35.7 Å². The Kier molecular flexibility index (Phi) is 5.24. The Morgan fingerprint density at radius 1 is 1.34 bits per heavy atom. The van der Waals surface area contributed by atoms with Gasteiger partial charge in [-0.1, -0.05) is 5.16 Å². The van der Waals surface area contributed by atoms with E-state index >= 15 is 0 Å². The van der Waals surface area contributed by atoms with E-state index in [1.54, 1.807) is 12.3 Å². The Hall–Kier alpha value is -2.92. The van der Waals surface area contributed by atoms with Crippen molar-refractivity contribution in [3.05, 3.63) is 40.9 Å². The van der Waals surface area contributed by atoms with Crippen LogP contribution in [0.5, 0.6) is 0 Å². The Morgan fingerprint density at radius 2 is 2.07 bits per heavy atom. The summed E-state index contributed by atoms with van der Waals surface area (Å²) in [5.74, 6) is 1.61. The maximum Gasteiger partial charge on any atom is 0.248 e. The monoisotopic (exact) mass is 395 g/mol. The number of aromatic nitrogens is 2. The molecule has 0 saturated carbocycles. The molecule has 152 valence electrons. The second kappa shape index (κ2) is 7.84. The quantitative estimate of drug-likeness (QED) is 0.767. The van der Waals surface area contributed by atoms with E-state index in [-0.39, 0.29) is 30.7 Å². The number of hydrogen-bond donors (Lipinski definition) is 0. The molecule has 3 atom stereocenters. The molecule has 4 heterocycles. The van der Waals surface area contributed by atoms with Crippen molar-refractivity contribution in [2.24, 2.45) is 0 Å². The van der Waals surface area contributed by atoms with Crippen LogP contribution in [-0.4, -0.2) is 52.7 Å². The third kappa shape index (κ3) is 3.70. The van der Waals surface area contributed by atoms with Crippen molar-refractivity contribution >= 4 is 11.7 Å². The third-order valence-corrected chi connectivity index (χ3v) is 5.93. The van der Waals surface area contributed by atoms with Crippen LogP contribution < -0.4 is 4.90 Å². The van der Waals surface area contributed by atoms with Crippen molar-refractivity contribution in [2.45, 2.75) is 51.8 Å². The van der Waals surface area contributed by atoms with E-state index in [4.69, 9.17) is 14.5 Å². The van der Waals surface area contributed by atoms with Crippen molar-refractivity contribution in [1.82, 2.24) is 15.0 Å². The summed E-state index contributed by atoms with van der Waals surface area (Å²) >= 11 is 0. The maximum absolute atomic E-state index is 12.8. The van der Waals surface area contributed by atoms with Crippen molar-refractivity contribution in [1.29, 1.82) is 5.26 Å². The average molecular weight is 395 g/mol. The summed E-state index contributed by atoms with van der Waals surface area (Å²) in [6.07, 6.45) is 3.43. The highest BCUT2D eigenvalue weighted by Gasteiger charge is 2.42. The number of piperazine rings is 1. The normalized spacial score (nSPS) is 21.9. The maximum atomic E-state index is 12.8. The van der Waals surface area contributed by atoms with Gasteiger partial charge in [0.15, 0.2) is 0 Å². The predicted octanol–water partition coefficient (Wildman–Crippen LogP) is 2.52. The first-order valence-electron chi connectivity index (χ1n) is 9.94. The van der Waals surface area contributed by atoms with Crippen LogP contribution in [-0.2, 0) is 9.53 Å². The summed E-state index contributed by atoms with van der Waals surface area (Å²) in [4.78, 5) is 21.4. The Bertz CT molecular complexity index is 899. The number of likely N-dealkylation sites (tertiary alicyclic amines) is 1. The van der Waals surface area contributed by atoms with Crippen molar-refractivity contribution < 1.29 is 14.1 Å². The van der Waals surface area contributed by atoms with Gasteiger partial charge in [-0.05, 0) is 45.7 Å². The topological polar surface area (TPSA) is 95.5 Å². The molecule has 0 radical (unpaired) electrons. The first kappa shape index (κ1) is 19.4. The summed E-state index contributed by atoms with van der Waals surface area (Å²) in [5, 5.41) is 12.9. The highest BCUT2D eigenvalue weighted by molar-refractivity contribution is 5.78. The zero-order valence-corrected chi connectivity index (χ0v) is 17.0. The van der Waals surface area contributed by atoms with Crippen LogP contribution in [0.25, 0.3) is 0 Å². The van der Waals surface area contributed by atoms with Gasteiger partial charge in [-0.25, -0.2) is 4.98 Å². The minimum absolute atomic E-state index is 0.00736. The first-order valence-corrected chi connectivity index (χ1v) is 9.94. The lowest BCUT2D eigenvalue weighted by molar-refractivity contribution is -0.139. The molecule has 8 heteroatoms. The van der Waals surface area contributed by atoms with Gasteiger partial charge in [0.25, 0.3) is 0 Å². The van der Waals surface area contributed by atoms with Gasteiger partial charge < -0.3 is 19.1 Å². The molecular formula is C21H25N5O3. The molecule has 2 aliphatic rings. The fourth-order valence-corrected chi connectivity index (χ4v) is 4.53. The molecule has 0 spiro atoms. The van der Waals surface area contributed by atoms with Crippen LogP contribution in [0.1, 0.15) is 48.5 Å². The van der Waals surface area contributed by atoms with Crippen molar-refractivity contribution in [3.63, 3.8) is 0 Å². The summed E-state index contributed by atoms with van der Waals surface area (Å²) < 4.78 is 11.0. The molecular weight excluding hydrogens is 370 g/mol. The second-order valence-corrected chi connectivity index (χ2v) is 7.80. The highest BCUT2D eigenvalue weighted by Crippen LogP contribution is 2.34. The summed E-state index contributed by atoms with van der Waals surface area (Å²) in [6.45, 7) is 7.02. The standard InChI is InChI=1S/C21H25N5O3/c1-13-21(15(3)29-24-13)14(2)28-12-20(27)25-10-17-5-6-18(11-25)26(17)19-7-4-16(8-22)9-23-19/h4,7,9,14,17-18H,5-6,10-12H2,1-3H3. The van der Waals surface area contributed by atoms with E-state index in [1.165, 1.54) is 0 Å². The van der Waals surface area contributed by atoms with Gasteiger partial charge in [-0.15, -0.1) is 0 Å². The minimum atomic E-state index is -0.244. The molecule has 0 aromatic carbocycles. The number of rotatable bonds is 5. The lowest BCUT2D eigenvalue weighted by Crippen LogP contribution is -2.56. The van der Waals surface area contributed by atoms with Crippen LogP contribution in [0.2, 0.25) is 0 Å². The highest BCUT2D eigenvalue weighted by atomic mass is 16.5. The molecule has 2 saturated heterocycles. The molecule has 2 aromatic heterocycles. The van der Waals surface area contributed by atoms with Crippen LogP contribution in [0, 0.1) is 25.2 Å². The number of hydrogen-bond acceptors (Lipinski definition) is 7. The van der Waals surface area contributed by atoms with Crippen LogP contribution in [0.4, 0.5) is 5.82 Å². The summed E-state index contributed by atoms with van der Waals surface area (Å²) in [5.41, 5.74) is 2.26. The van der Waals surface area contributed by atoms with E-state index in [2.05, 4.69) is 21.1 Å². The Balaban J connectivity index is 1.37. The lowest BCUT2D eigenvalue weighted by Gasteiger charge is -2.41. The van der Waals surface area contributed by atoms with Crippen molar-refractivity contribution in [2.75, 3.05) is 24.6 Å². The summed E-state index contributed by atoms with van der Waals surface area (Å²) in [7, 11) is 0. The average Bonchev–Trinajstić information content (AvgIpc) is 3.20. The van der Waals surface area contributed by atoms with E-state index in [1.807, 2.05) is 31.7 Å². The SMILES string of the molecule is Cc1noc(C)c1C(C)OCC(=O)N1CC2CCC(C1)N2c1ccc(C#N)cn1. The number of carbonyl (C=O) groups is 1. The zero-order chi connectivity index (χ0) is 20.5. The minimum Gasteiger partial charge on any atom is -0.364 e. The van der Waals surface area contributed by atoms with Crippen molar-refractivity contribution in [3.8, 4) is 6.07 Å². The smallest absolute Gasteiger partial charge is 0.248 e. The molecule has 4 rings (SSSR count). The van der Waals surface area contributed by atoms with Gasteiger partial charge in [0.2, 0.25) is 5.91 Å². The fourth-order valence-electron chi connectivity index (χ4n) is 4.53. The summed E-state index contributed by atoms with van der Waals surface area (Å²) in [6, 6.07) is 6.29. The van der Waals surface area contributed by atoms with Crippen LogP contribution in [0.15, 0.2) is 22.9 Å². The Morgan fingerprint density at radius 3 is 2.62 bits per heavy atom. The first-order chi connectivity index (χ1) is 14.0. The number of carbonyl (C=O) groups excluding carboxylic acids is 1. The Labute approximate surface area is 170 Å². The number of aryl methyl sites for hydroxylation is 2. The van der Waals surface area contributed by atoms with E-state index < -0.39 is 0 Å². The number of nitriles is 1. The molecule has 0 aliphatic carbocycles. The number of anilines is 1. The number of pyridine rings is 1. The number of nitrogens with zero attached hydrogens (tertiary/aromatic N) is 5. The number of ether oxygens (including phenoxy) is 1. The largest absolute Gasteiger partial charge is 0.364 e. The number of amides is 1. The van der Waals surface area contributed by atoms with Gasteiger partial charge in [-0.3, -0.25) is 4.79 Å². The molecule has 0 N–H and O–H groups in total. The number of fused-ring (bicyclic) bond motifs is 2. The zero-order valence-electron chi connectivity index (χ0n) is 17.0. The molecule has 3 unspecified atom stereocenters. The van der Waals surface area contributed by atoms with Crippen LogP contribution >= 0.6 is 0 Å². The van der Waals surface area contributed by atoms with Gasteiger partial charge in [0.05, 0.1) is 17.4 Å². The molecule has 29 heavy (non-hydrogen) atoms. The van der Waals surface area contributed by atoms with Gasteiger partial charge in [-0.2, -0.15) is 5.26 Å². The fraction of sp³-hybridized carbons (Fsp3) is 0.524. The predicted molar refractivity (Wildman–Crippen MR) is 105 cm³/mol. The third-order valence-electron chi connectivity index (χ3n) is 5.93. The lowest BCUT2D eigenvalue weighted by atomic mass is 10.1. The van der Waals surface area contributed by atoms with E-state index in [0.29, 0.717) is 18.7 Å². The molecule has 8 nitrogen and oxygen atoms in total. The molecule has 2 fully saturated rings. The van der Waals surface area contributed by atoms with E-state index in [9.17, 15) is 4.79 Å². The molecule has 2 bridgehead atoms. The van der Waals surface area contributed by atoms with Gasteiger partial charge >= 0.3 is 0 Å². The van der Waals surface area contributed by atoms with Gasteiger partial charge in [0, 0.05) is 36.9 Å². The molecule has 1 amide bonds. The van der Waals surface area contributed by atoms with Crippen LogP contribution in [0.3, 0.4) is 0 Å².